The molecule has 5 rings (SSSR count). The normalized spacial score (nSPS) is 25.2. The summed E-state index contributed by atoms with van der Waals surface area (Å²) in [6.07, 6.45) is 2.18. The zero-order valence-corrected chi connectivity index (χ0v) is 21.6. The minimum absolute atomic E-state index is 0.00656. The highest BCUT2D eigenvalue weighted by atomic mass is 35.5. The molecule has 2 atom stereocenters. The molecule has 3 aromatic rings. The number of halogens is 3. The van der Waals surface area contributed by atoms with Gasteiger partial charge in [-0.25, -0.2) is 17.2 Å². The highest BCUT2D eigenvalue weighted by Crippen LogP contribution is 2.52. The largest absolute Gasteiger partial charge is 0.390 e. The third kappa shape index (κ3) is 4.67. The topological polar surface area (TPSA) is 83.5 Å². The average molecular weight is 546 g/mol. The SMILES string of the molecule is CC1(O)C2CCC1CC(S(=O)(=O)c1cc(C(=O)Nc3ccc(F)c(F)c3)c(-c3ccccc3)cc1Cl)C2. The van der Waals surface area contributed by atoms with Gasteiger partial charge in [0.25, 0.3) is 5.91 Å². The van der Waals surface area contributed by atoms with Gasteiger partial charge in [-0.3, -0.25) is 4.79 Å². The van der Waals surface area contributed by atoms with Crippen LogP contribution in [0, 0.1) is 23.5 Å². The maximum Gasteiger partial charge on any atom is 0.256 e. The number of hydrogen-bond acceptors (Lipinski definition) is 4. The van der Waals surface area contributed by atoms with Crippen molar-refractivity contribution in [2.24, 2.45) is 11.8 Å². The van der Waals surface area contributed by atoms with Crippen molar-refractivity contribution in [3.63, 3.8) is 0 Å². The van der Waals surface area contributed by atoms with Gasteiger partial charge in [0, 0.05) is 17.3 Å². The molecule has 0 aromatic heterocycles. The number of fused-ring (bicyclic) bond motifs is 2. The Labute approximate surface area is 219 Å². The molecule has 2 unspecified atom stereocenters. The summed E-state index contributed by atoms with van der Waals surface area (Å²) in [6.45, 7) is 1.78. The maximum atomic E-state index is 13.8. The molecule has 9 heteroatoms. The minimum Gasteiger partial charge on any atom is -0.390 e. The van der Waals surface area contributed by atoms with E-state index in [0.29, 0.717) is 24.0 Å². The second-order valence-corrected chi connectivity index (χ2v) is 12.7. The van der Waals surface area contributed by atoms with Crippen LogP contribution >= 0.6 is 11.6 Å². The Morgan fingerprint density at radius 3 is 2.27 bits per heavy atom. The first-order valence-electron chi connectivity index (χ1n) is 12.1. The molecular weight excluding hydrogens is 520 g/mol. The summed E-state index contributed by atoms with van der Waals surface area (Å²) in [7, 11) is -3.94. The molecule has 0 heterocycles. The third-order valence-electron chi connectivity index (χ3n) is 7.94. The van der Waals surface area contributed by atoms with Gasteiger partial charge in [-0.05, 0) is 79.8 Å². The Bertz CT molecular complexity index is 1460. The van der Waals surface area contributed by atoms with Gasteiger partial charge >= 0.3 is 0 Å². The lowest BCUT2D eigenvalue weighted by Gasteiger charge is -2.40. The molecule has 3 aromatic carbocycles. The van der Waals surface area contributed by atoms with E-state index in [2.05, 4.69) is 5.32 Å². The van der Waals surface area contributed by atoms with Crippen LogP contribution in [-0.4, -0.2) is 30.3 Å². The zero-order chi connectivity index (χ0) is 26.5. The van der Waals surface area contributed by atoms with Gasteiger partial charge in [0.2, 0.25) is 0 Å². The molecule has 1 amide bonds. The first-order chi connectivity index (χ1) is 17.5. The number of nitrogens with one attached hydrogen (secondary N) is 1. The number of carbonyl (C=O) groups excluding carboxylic acids is 1. The van der Waals surface area contributed by atoms with Crippen LogP contribution in [0.5, 0.6) is 0 Å². The van der Waals surface area contributed by atoms with Crippen molar-refractivity contribution < 1.29 is 27.1 Å². The molecule has 2 N–H and O–H groups in total. The quantitative estimate of drug-likeness (QED) is 0.397. The standard InChI is InChI=1S/C28H26ClF2NO4S/c1-28(34)17-7-8-18(28)12-20(11-17)37(35,36)26-15-22(21(14-23(26)29)16-5-3-2-4-6-16)27(33)32-19-9-10-24(30)25(31)13-19/h2-6,9-10,13-15,17-18,20,34H,7-8,11-12H2,1H3,(H,32,33). The van der Waals surface area contributed by atoms with Gasteiger partial charge in [0.15, 0.2) is 21.5 Å². The van der Waals surface area contributed by atoms with Gasteiger partial charge in [0.1, 0.15) is 0 Å². The van der Waals surface area contributed by atoms with Crippen LogP contribution in [0.25, 0.3) is 11.1 Å². The molecule has 2 aliphatic rings. The summed E-state index contributed by atoms with van der Waals surface area (Å²) in [5, 5.41) is 12.6. The molecule has 2 bridgehead atoms. The number of sulfone groups is 1. The monoisotopic (exact) mass is 545 g/mol. The van der Waals surface area contributed by atoms with E-state index in [1.807, 2.05) is 0 Å². The zero-order valence-electron chi connectivity index (χ0n) is 20.0. The van der Waals surface area contributed by atoms with E-state index >= 15 is 0 Å². The van der Waals surface area contributed by atoms with E-state index in [0.717, 1.165) is 25.0 Å². The summed E-state index contributed by atoms with van der Waals surface area (Å²) in [5.41, 5.74) is 0.201. The summed E-state index contributed by atoms with van der Waals surface area (Å²) < 4.78 is 54.7. The predicted molar refractivity (Wildman–Crippen MR) is 138 cm³/mol. The van der Waals surface area contributed by atoms with Crippen LogP contribution < -0.4 is 5.32 Å². The summed E-state index contributed by atoms with van der Waals surface area (Å²) >= 11 is 6.55. The second kappa shape index (κ2) is 9.49. The van der Waals surface area contributed by atoms with Crippen molar-refractivity contribution in [1.29, 1.82) is 0 Å². The lowest BCUT2D eigenvalue weighted by molar-refractivity contribution is -0.0413. The average Bonchev–Trinajstić information content (AvgIpc) is 3.02. The van der Waals surface area contributed by atoms with E-state index in [1.54, 1.807) is 37.3 Å². The number of carbonyl (C=O) groups is 1. The molecule has 0 radical (unpaired) electrons. The van der Waals surface area contributed by atoms with E-state index in [-0.39, 0.29) is 33.0 Å². The summed E-state index contributed by atoms with van der Waals surface area (Å²) in [6, 6.07) is 14.6. The highest BCUT2D eigenvalue weighted by molar-refractivity contribution is 7.92. The van der Waals surface area contributed by atoms with Crippen LogP contribution in [0.2, 0.25) is 5.02 Å². The lowest BCUT2D eigenvalue weighted by atomic mass is 9.76. The predicted octanol–water partition coefficient (Wildman–Crippen LogP) is 6.25. The Kier molecular flexibility index (Phi) is 6.63. The van der Waals surface area contributed by atoms with Gasteiger partial charge in [-0.2, -0.15) is 0 Å². The summed E-state index contributed by atoms with van der Waals surface area (Å²) in [4.78, 5) is 13.2. The van der Waals surface area contributed by atoms with E-state index in [4.69, 9.17) is 11.6 Å². The number of anilines is 1. The van der Waals surface area contributed by atoms with E-state index < -0.39 is 38.2 Å². The van der Waals surface area contributed by atoms with Crippen molar-refractivity contribution in [3.05, 3.63) is 82.9 Å². The number of amides is 1. The molecule has 0 spiro atoms. The molecule has 0 aliphatic heterocycles. The fraction of sp³-hybridized carbons (Fsp3) is 0.321. The number of benzene rings is 3. The van der Waals surface area contributed by atoms with Gasteiger partial charge < -0.3 is 10.4 Å². The van der Waals surface area contributed by atoms with Crippen LogP contribution in [0.15, 0.2) is 65.6 Å². The molecule has 194 valence electrons. The molecule has 2 saturated carbocycles. The van der Waals surface area contributed by atoms with Gasteiger partial charge in [-0.1, -0.05) is 41.9 Å². The molecular formula is C28H26ClF2NO4S. The number of hydrogen-bond donors (Lipinski definition) is 2. The maximum absolute atomic E-state index is 13.8. The van der Waals surface area contributed by atoms with Crippen LogP contribution in [-0.2, 0) is 9.84 Å². The Morgan fingerprint density at radius 2 is 1.65 bits per heavy atom. The van der Waals surface area contributed by atoms with Gasteiger partial charge in [-0.15, -0.1) is 0 Å². The highest BCUT2D eigenvalue weighted by Gasteiger charge is 2.53. The first kappa shape index (κ1) is 25.8. The van der Waals surface area contributed by atoms with Crippen LogP contribution in [0.1, 0.15) is 43.0 Å². The fourth-order valence-corrected chi connectivity index (χ4v) is 8.21. The van der Waals surface area contributed by atoms with Crippen LogP contribution in [0.4, 0.5) is 14.5 Å². The fourth-order valence-electron chi connectivity index (χ4n) is 5.79. The smallest absolute Gasteiger partial charge is 0.256 e. The Balaban J connectivity index is 1.57. The van der Waals surface area contributed by atoms with Crippen molar-refractivity contribution in [1.82, 2.24) is 0 Å². The summed E-state index contributed by atoms with van der Waals surface area (Å²) in [5.74, 6) is -3.11. The van der Waals surface area contributed by atoms with E-state index in [9.17, 15) is 27.1 Å². The van der Waals surface area contributed by atoms with Crippen molar-refractivity contribution in [2.45, 2.75) is 48.4 Å². The number of rotatable bonds is 5. The Hall–Kier alpha value is -2.81. The molecule has 37 heavy (non-hydrogen) atoms. The van der Waals surface area contributed by atoms with Crippen molar-refractivity contribution in [2.75, 3.05) is 5.32 Å². The minimum atomic E-state index is -3.94. The third-order valence-corrected chi connectivity index (χ3v) is 10.6. The molecule has 0 saturated heterocycles. The second-order valence-electron chi connectivity index (χ2n) is 10.1. The van der Waals surface area contributed by atoms with Gasteiger partial charge in [0.05, 0.1) is 20.8 Å². The Morgan fingerprint density at radius 1 is 1.00 bits per heavy atom. The lowest BCUT2D eigenvalue weighted by Crippen LogP contribution is -2.45. The first-order valence-corrected chi connectivity index (χ1v) is 14.0. The van der Waals surface area contributed by atoms with E-state index in [1.165, 1.54) is 18.2 Å². The van der Waals surface area contributed by atoms with Crippen molar-refractivity contribution in [3.8, 4) is 11.1 Å². The number of aliphatic hydroxyl groups is 1. The molecule has 2 fully saturated rings. The molecule has 5 nitrogen and oxygen atoms in total. The molecule has 2 aliphatic carbocycles. The van der Waals surface area contributed by atoms with Crippen LogP contribution in [0.3, 0.4) is 0 Å². The van der Waals surface area contributed by atoms with Crippen molar-refractivity contribution >= 4 is 33.0 Å².